The molecule has 0 aliphatic carbocycles. The second-order valence-electron chi connectivity index (χ2n) is 11.4. The number of rotatable bonds is 10. The topological polar surface area (TPSA) is 145 Å². The van der Waals surface area contributed by atoms with E-state index < -0.39 is 49.0 Å². The number of hydrogen-bond donors (Lipinski definition) is 1. The molecule has 2 aliphatic rings. The summed E-state index contributed by atoms with van der Waals surface area (Å²) in [6.07, 6.45) is 4.26. The molecule has 4 aromatic rings. The molecule has 0 radical (unpaired) electrons. The molecule has 4 heterocycles. The van der Waals surface area contributed by atoms with Crippen molar-refractivity contribution >= 4 is 37.1 Å². The molecule has 2 aromatic heterocycles. The molecular formula is C32H35N3O8S3. The van der Waals surface area contributed by atoms with Crippen LogP contribution in [0.3, 0.4) is 0 Å². The van der Waals surface area contributed by atoms with Crippen molar-refractivity contribution in [1.82, 2.24) is 14.8 Å². The van der Waals surface area contributed by atoms with Crippen LogP contribution in [-0.4, -0.2) is 63.8 Å². The molecule has 2 unspecified atom stereocenters. The Morgan fingerprint density at radius 2 is 1.83 bits per heavy atom. The minimum atomic E-state index is -4.05. The van der Waals surface area contributed by atoms with Crippen LogP contribution in [-0.2, 0) is 44.7 Å². The average Bonchev–Trinajstić information content (AvgIpc) is 3.75. The molecule has 6 rings (SSSR count). The Hall–Kier alpha value is -3.40. The van der Waals surface area contributed by atoms with Crippen molar-refractivity contribution in [1.29, 1.82) is 0 Å². The molecule has 2 atom stereocenters. The van der Waals surface area contributed by atoms with E-state index >= 15 is 0 Å². The number of oxazole rings is 1. The highest BCUT2D eigenvalue weighted by molar-refractivity contribution is 7.92. The first kappa shape index (κ1) is 32.5. The number of amides is 1. The van der Waals surface area contributed by atoms with Gasteiger partial charge in [-0.25, -0.2) is 36.4 Å². The number of ether oxygens (including phenoxy) is 1. The number of sulfone groups is 1. The Kier molecular flexibility index (Phi) is 9.73. The van der Waals surface area contributed by atoms with Gasteiger partial charge >= 0.3 is 0 Å². The number of hydroxylamine groups is 1. The van der Waals surface area contributed by atoms with Crippen LogP contribution in [0.4, 0.5) is 0 Å². The summed E-state index contributed by atoms with van der Waals surface area (Å²) in [6.45, 7) is 0.255. The van der Waals surface area contributed by atoms with E-state index in [2.05, 4.69) is 10.5 Å². The van der Waals surface area contributed by atoms with Gasteiger partial charge in [0.15, 0.2) is 28.3 Å². The van der Waals surface area contributed by atoms with Crippen molar-refractivity contribution in [3.63, 3.8) is 0 Å². The highest BCUT2D eigenvalue weighted by Crippen LogP contribution is 2.45. The summed E-state index contributed by atoms with van der Waals surface area (Å²) < 4.78 is 65.9. The summed E-state index contributed by atoms with van der Waals surface area (Å²) in [4.78, 5) is 24.1. The van der Waals surface area contributed by atoms with Gasteiger partial charge < -0.3 is 9.15 Å². The first-order valence-electron chi connectivity index (χ1n) is 15.0. The molecule has 2 saturated heterocycles. The summed E-state index contributed by atoms with van der Waals surface area (Å²) in [5, 5.41) is 0. The first-order valence-corrected chi connectivity index (χ1v) is 19.1. The Balaban J connectivity index is 1.29. The Labute approximate surface area is 272 Å². The zero-order valence-electron chi connectivity index (χ0n) is 25.0. The number of hydrogen-bond acceptors (Lipinski definition) is 10. The lowest BCUT2D eigenvalue weighted by Crippen LogP contribution is -2.43. The van der Waals surface area contributed by atoms with E-state index in [9.17, 15) is 21.6 Å². The lowest BCUT2D eigenvalue weighted by molar-refractivity contribution is -0.200. The third-order valence-electron chi connectivity index (χ3n) is 8.38. The monoisotopic (exact) mass is 685 g/mol. The van der Waals surface area contributed by atoms with Crippen molar-refractivity contribution in [3.8, 4) is 21.8 Å². The van der Waals surface area contributed by atoms with Gasteiger partial charge in [0.05, 0.1) is 24.1 Å². The van der Waals surface area contributed by atoms with Crippen LogP contribution in [0.5, 0.6) is 0 Å². The third-order valence-corrected chi connectivity index (χ3v) is 14.2. The van der Waals surface area contributed by atoms with Crippen LogP contribution in [0, 0.1) is 0 Å². The standard InChI is InChI=1S/C32H35N3O8S3/c36-30(34-43-31-8-4-5-18-41-31)20-32(29-14-13-28(44-29)26-11-9-25(10-12-26)27-21-33-23-42-27)15-16-35(17-19-45(32,37)38)46(39,40)22-24-6-2-1-3-7-24/h1-3,6-7,9-14,21,23,31H,4-5,8,15-20,22H2,(H,34,36). The normalized spacial score (nSPS) is 22.2. The van der Waals surface area contributed by atoms with Gasteiger partial charge in [0.2, 0.25) is 15.9 Å². The number of nitrogens with zero attached hydrogens (tertiary/aromatic N) is 2. The van der Waals surface area contributed by atoms with Gasteiger partial charge in [-0.3, -0.25) is 4.79 Å². The molecule has 2 fully saturated rings. The van der Waals surface area contributed by atoms with Crippen LogP contribution in [0.25, 0.3) is 21.8 Å². The van der Waals surface area contributed by atoms with E-state index in [4.69, 9.17) is 14.0 Å². The quantitative estimate of drug-likeness (QED) is 0.231. The van der Waals surface area contributed by atoms with Gasteiger partial charge in [-0.2, -0.15) is 0 Å². The summed E-state index contributed by atoms with van der Waals surface area (Å²) in [5.74, 6) is -0.672. The van der Waals surface area contributed by atoms with Crippen molar-refractivity contribution in [2.45, 2.75) is 48.9 Å². The van der Waals surface area contributed by atoms with Crippen LogP contribution >= 0.6 is 11.3 Å². The zero-order chi connectivity index (χ0) is 32.2. The van der Waals surface area contributed by atoms with Gasteiger partial charge in [-0.05, 0) is 42.5 Å². The van der Waals surface area contributed by atoms with Crippen molar-refractivity contribution in [3.05, 3.63) is 89.8 Å². The van der Waals surface area contributed by atoms with Gasteiger partial charge in [-0.1, -0.05) is 54.6 Å². The molecule has 0 bridgehead atoms. The fraction of sp³-hybridized carbons (Fsp3) is 0.375. The summed E-state index contributed by atoms with van der Waals surface area (Å²) >= 11 is 1.28. The maximum absolute atomic E-state index is 14.2. The first-order chi connectivity index (χ1) is 22.2. The average molecular weight is 686 g/mol. The summed E-state index contributed by atoms with van der Waals surface area (Å²) in [7, 11) is -7.88. The SMILES string of the molecule is O=C(CC1(c2ccc(-c3ccc(-c4cnco4)cc3)s2)CCN(S(=O)(=O)Cc2ccccc2)CCS1(=O)=O)NOC1CCCCO1. The molecule has 0 saturated carbocycles. The van der Waals surface area contributed by atoms with Gasteiger partial charge in [0.1, 0.15) is 4.75 Å². The van der Waals surface area contributed by atoms with Gasteiger partial charge in [-0.15, -0.1) is 11.3 Å². The number of nitrogens with one attached hydrogen (secondary N) is 1. The predicted octanol–water partition coefficient (Wildman–Crippen LogP) is 4.88. The predicted molar refractivity (Wildman–Crippen MR) is 173 cm³/mol. The molecule has 14 heteroatoms. The van der Waals surface area contributed by atoms with E-state index in [0.29, 0.717) is 29.2 Å². The molecule has 244 valence electrons. The lowest BCUT2D eigenvalue weighted by atomic mass is 9.97. The van der Waals surface area contributed by atoms with Crippen molar-refractivity contribution in [2.24, 2.45) is 0 Å². The molecule has 1 amide bonds. The van der Waals surface area contributed by atoms with Gasteiger partial charge in [0.25, 0.3) is 0 Å². The smallest absolute Gasteiger partial charge is 0.245 e. The molecular weight excluding hydrogens is 651 g/mol. The van der Waals surface area contributed by atoms with E-state index in [-0.39, 0.29) is 25.3 Å². The number of thiophene rings is 1. The molecule has 2 aliphatic heterocycles. The van der Waals surface area contributed by atoms with Crippen LogP contribution in [0.15, 0.2) is 83.7 Å². The van der Waals surface area contributed by atoms with E-state index in [1.54, 1.807) is 42.6 Å². The minimum absolute atomic E-state index is 0.0621. The number of carbonyl (C=O) groups excluding carboxylic acids is 1. The maximum atomic E-state index is 14.2. The molecule has 1 N–H and O–H groups in total. The Morgan fingerprint density at radius 1 is 1.04 bits per heavy atom. The minimum Gasteiger partial charge on any atom is -0.444 e. The molecule has 11 nitrogen and oxygen atoms in total. The number of sulfonamides is 1. The van der Waals surface area contributed by atoms with Crippen LogP contribution in [0.2, 0.25) is 0 Å². The molecule has 46 heavy (non-hydrogen) atoms. The maximum Gasteiger partial charge on any atom is 0.245 e. The highest BCUT2D eigenvalue weighted by Gasteiger charge is 2.50. The molecule has 0 spiro atoms. The zero-order valence-corrected chi connectivity index (χ0v) is 27.5. The van der Waals surface area contributed by atoms with Crippen molar-refractivity contribution < 1.29 is 35.6 Å². The fourth-order valence-corrected chi connectivity index (χ4v) is 11.1. The number of aromatic nitrogens is 1. The fourth-order valence-electron chi connectivity index (χ4n) is 5.83. The van der Waals surface area contributed by atoms with Gasteiger partial charge in [0, 0.05) is 41.4 Å². The number of benzene rings is 2. The van der Waals surface area contributed by atoms with E-state index in [1.165, 1.54) is 22.0 Å². The second kappa shape index (κ2) is 13.8. The van der Waals surface area contributed by atoms with E-state index in [1.807, 2.05) is 30.3 Å². The summed E-state index contributed by atoms with van der Waals surface area (Å²) in [5.41, 5.74) is 4.73. The number of carbonyl (C=O) groups is 1. The van der Waals surface area contributed by atoms with Crippen molar-refractivity contribution in [2.75, 3.05) is 25.4 Å². The molecule has 2 aromatic carbocycles. The lowest BCUT2D eigenvalue weighted by Gasteiger charge is -2.31. The summed E-state index contributed by atoms with van der Waals surface area (Å²) in [6, 6.07) is 19.9. The highest BCUT2D eigenvalue weighted by atomic mass is 32.2. The van der Waals surface area contributed by atoms with Crippen LogP contribution < -0.4 is 5.48 Å². The van der Waals surface area contributed by atoms with E-state index in [0.717, 1.165) is 28.8 Å². The second-order valence-corrected chi connectivity index (χ2v) is 16.9. The Morgan fingerprint density at radius 3 is 2.54 bits per heavy atom. The third kappa shape index (κ3) is 7.11. The Bertz CT molecular complexity index is 1840. The van der Waals surface area contributed by atoms with Crippen LogP contribution in [0.1, 0.15) is 42.5 Å². The largest absolute Gasteiger partial charge is 0.444 e.